The largest absolute Gasteiger partial charge is 0.373 e. The zero-order valence-corrected chi connectivity index (χ0v) is 10.6. The molecular formula is C13H26N2. The lowest BCUT2D eigenvalue weighted by molar-refractivity contribution is 0.239. The van der Waals surface area contributed by atoms with Crippen LogP contribution in [0.2, 0.25) is 0 Å². The SMILES string of the molecule is C=C1CCCN(C)CCCCN1C(C)C. The number of rotatable bonds is 1. The van der Waals surface area contributed by atoms with Crippen LogP contribution in [-0.4, -0.2) is 42.5 Å². The van der Waals surface area contributed by atoms with Crippen LogP contribution in [0.15, 0.2) is 12.3 Å². The summed E-state index contributed by atoms with van der Waals surface area (Å²) in [5, 5.41) is 0. The second kappa shape index (κ2) is 6.16. The zero-order valence-electron chi connectivity index (χ0n) is 10.6. The van der Waals surface area contributed by atoms with E-state index >= 15 is 0 Å². The highest BCUT2D eigenvalue weighted by atomic mass is 15.2. The van der Waals surface area contributed by atoms with Crippen LogP contribution in [0.1, 0.15) is 39.5 Å². The molecule has 1 aliphatic rings. The number of allylic oxidation sites excluding steroid dienone is 1. The van der Waals surface area contributed by atoms with Gasteiger partial charge in [0.05, 0.1) is 0 Å². The van der Waals surface area contributed by atoms with Crippen molar-refractivity contribution in [3.05, 3.63) is 12.3 Å². The second-order valence-electron chi connectivity index (χ2n) is 4.97. The molecular weight excluding hydrogens is 184 g/mol. The molecule has 0 aromatic heterocycles. The van der Waals surface area contributed by atoms with Crippen LogP contribution in [0.3, 0.4) is 0 Å². The molecule has 0 aliphatic carbocycles. The monoisotopic (exact) mass is 210 g/mol. The van der Waals surface area contributed by atoms with Gasteiger partial charge in [0.1, 0.15) is 0 Å². The fraction of sp³-hybridized carbons (Fsp3) is 0.846. The standard InChI is InChI=1S/C13H26N2/c1-12(2)15-11-6-5-9-14(4)10-7-8-13(15)3/h12H,3,5-11H2,1-2,4H3. The van der Waals surface area contributed by atoms with Crippen LogP contribution in [0.5, 0.6) is 0 Å². The van der Waals surface area contributed by atoms with E-state index in [1.54, 1.807) is 0 Å². The molecule has 88 valence electrons. The average Bonchev–Trinajstić information content (AvgIpc) is 2.16. The molecule has 2 nitrogen and oxygen atoms in total. The van der Waals surface area contributed by atoms with E-state index < -0.39 is 0 Å². The van der Waals surface area contributed by atoms with Crippen molar-refractivity contribution in [2.75, 3.05) is 26.7 Å². The molecule has 0 saturated carbocycles. The fourth-order valence-corrected chi connectivity index (χ4v) is 2.25. The van der Waals surface area contributed by atoms with Crippen molar-refractivity contribution in [1.29, 1.82) is 0 Å². The molecule has 1 saturated heterocycles. The predicted molar refractivity (Wildman–Crippen MR) is 66.9 cm³/mol. The van der Waals surface area contributed by atoms with Gasteiger partial charge in [-0.3, -0.25) is 0 Å². The van der Waals surface area contributed by atoms with E-state index in [-0.39, 0.29) is 0 Å². The van der Waals surface area contributed by atoms with Gasteiger partial charge in [-0.1, -0.05) is 6.58 Å². The maximum atomic E-state index is 4.22. The highest BCUT2D eigenvalue weighted by molar-refractivity contribution is 4.95. The van der Waals surface area contributed by atoms with E-state index in [0.717, 1.165) is 6.42 Å². The molecule has 0 atom stereocenters. The topological polar surface area (TPSA) is 6.48 Å². The van der Waals surface area contributed by atoms with Crippen molar-refractivity contribution >= 4 is 0 Å². The van der Waals surface area contributed by atoms with Gasteiger partial charge in [0.25, 0.3) is 0 Å². The Hall–Kier alpha value is -0.500. The molecule has 1 rings (SSSR count). The van der Waals surface area contributed by atoms with Gasteiger partial charge in [0.2, 0.25) is 0 Å². The Morgan fingerprint density at radius 1 is 1.07 bits per heavy atom. The first kappa shape index (κ1) is 12.6. The Morgan fingerprint density at radius 2 is 1.67 bits per heavy atom. The Labute approximate surface area is 94.9 Å². The molecule has 15 heavy (non-hydrogen) atoms. The van der Waals surface area contributed by atoms with Crippen molar-refractivity contribution in [3.63, 3.8) is 0 Å². The Kier molecular flexibility index (Phi) is 5.16. The Morgan fingerprint density at radius 3 is 2.33 bits per heavy atom. The Balaban J connectivity index is 2.50. The summed E-state index contributed by atoms with van der Waals surface area (Å²) in [6, 6.07) is 0.606. The highest BCUT2D eigenvalue weighted by Crippen LogP contribution is 2.16. The van der Waals surface area contributed by atoms with E-state index in [2.05, 4.69) is 37.3 Å². The summed E-state index contributed by atoms with van der Waals surface area (Å²) in [6.07, 6.45) is 5.01. The van der Waals surface area contributed by atoms with E-state index in [1.807, 2.05) is 0 Å². The van der Waals surface area contributed by atoms with Crippen molar-refractivity contribution < 1.29 is 0 Å². The molecule has 1 aliphatic heterocycles. The van der Waals surface area contributed by atoms with Gasteiger partial charge in [0.15, 0.2) is 0 Å². The van der Waals surface area contributed by atoms with E-state index in [0.29, 0.717) is 6.04 Å². The van der Waals surface area contributed by atoms with Gasteiger partial charge in [-0.15, -0.1) is 0 Å². The van der Waals surface area contributed by atoms with E-state index in [9.17, 15) is 0 Å². The molecule has 0 amide bonds. The summed E-state index contributed by atoms with van der Waals surface area (Å²) >= 11 is 0. The van der Waals surface area contributed by atoms with Gasteiger partial charge < -0.3 is 9.80 Å². The third kappa shape index (κ3) is 4.25. The summed E-state index contributed by atoms with van der Waals surface area (Å²) in [5.74, 6) is 0. The minimum atomic E-state index is 0.606. The molecule has 1 fully saturated rings. The molecule has 2 heteroatoms. The van der Waals surface area contributed by atoms with Gasteiger partial charge in [-0.05, 0) is 59.7 Å². The molecule has 0 N–H and O–H groups in total. The summed E-state index contributed by atoms with van der Waals surface area (Å²) in [6.45, 7) is 12.4. The smallest absolute Gasteiger partial charge is 0.0230 e. The first-order valence-electron chi connectivity index (χ1n) is 6.24. The van der Waals surface area contributed by atoms with Gasteiger partial charge >= 0.3 is 0 Å². The van der Waals surface area contributed by atoms with Crippen molar-refractivity contribution in [2.45, 2.75) is 45.6 Å². The first-order chi connectivity index (χ1) is 7.11. The molecule has 0 bridgehead atoms. The second-order valence-corrected chi connectivity index (χ2v) is 4.97. The molecule has 0 unspecified atom stereocenters. The number of hydrogen-bond acceptors (Lipinski definition) is 2. The lowest BCUT2D eigenvalue weighted by atomic mass is 10.1. The highest BCUT2D eigenvalue weighted by Gasteiger charge is 2.12. The molecule has 0 aromatic rings. The maximum Gasteiger partial charge on any atom is 0.0230 e. The molecule has 1 heterocycles. The summed E-state index contributed by atoms with van der Waals surface area (Å²) < 4.78 is 0. The lowest BCUT2D eigenvalue weighted by Gasteiger charge is -2.32. The Bertz CT molecular complexity index is 199. The van der Waals surface area contributed by atoms with Crippen molar-refractivity contribution in [3.8, 4) is 0 Å². The third-order valence-corrected chi connectivity index (χ3v) is 3.22. The van der Waals surface area contributed by atoms with E-state index in [1.165, 1.54) is 44.6 Å². The van der Waals surface area contributed by atoms with Crippen molar-refractivity contribution in [2.24, 2.45) is 0 Å². The van der Waals surface area contributed by atoms with Crippen LogP contribution < -0.4 is 0 Å². The summed E-state index contributed by atoms with van der Waals surface area (Å²) in [7, 11) is 2.23. The summed E-state index contributed by atoms with van der Waals surface area (Å²) in [4.78, 5) is 4.92. The minimum absolute atomic E-state index is 0.606. The normalized spacial score (nSPS) is 22.1. The predicted octanol–water partition coefficient (Wildman–Crippen LogP) is 2.72. The molecule has 0 radical (unpaired) electrons. The van der Waals surface area contributed by atoms with Crippen LogP contribution in [0.25, 0.3) is 0 Å². The van der Waals surface area contributed by atoms with Crippen LogP contribution in [-0.2, 0) is 0 Å². The molecule has 0 spiro atoms. The summed E-state index contributed by atoms with van der Waals surface area (Å²) in [5.41, 5.74) is 1.33. The van der Waals surface area contributed by atoms with Crippen LogP contribution >= 0.6 is 0 Å². The lowest BCUT2D eigenvalue weighted by Crippen LogP contribution is -2.33. The zero-order chi connectivity index (χ0) is 11.3. The number of nitrogens with zero attached hydrogens (tertiary/aromatic N) is 2. The van der Waals surface area contributed by atoms with Crippen molar-refractivity contribution in [1.82, 2.24) is 9.80 Å². The first-order valence-corrected chi connectivity index (χ1v) is 6.24. The molecule has 0 aromatic carbocycles. The quantitative estimate of drug-likeness (QED) is 0.656. The minimum Gasteiger partial charge on any atom is -0.373 e. The fourth-order valence-electron chi connectivity index (χ4n) is 2.25. The van der Waals surface area contributed by atoms with Gasteiger partial charge in [-0.25, -0.2) is 0 Å². The van der Waals surface area contributed by atoms with E-state index in [4.69, 9.17) is 0 Å². The van der Waals surface area contributed by atoms with Crippen LogP contribution in [0, 0.1) is 0 Å². The van der Waals surface area contributed by atoms with Gasteiger partial charge in [0, 0.05) is 18.3 Å². The van der Waals surface area contributed by atoms with Gasteiger partial charge in [-0.2, -0.15) is 0 Å². The third-order valence-electron chi connectivity index (χ3n) is 3.22. The van der Waals surface area contributed by atoms with Crippen LogP contribution in [0.4, 0.5) is 0 Å². The maximum absolute atomic E-state index is 4.22. The average molecular weight is 210 g/mol. The number of hydrogen-bond donors (Lipinski definition) is 0.